The first-order valence-electron chi connectivity index (χ1n) is 9.90. The molecule has 29 heavy (non-hydrogen) atoms. The molecule has 0 bridgehead atoms. The van der Waals surface area contributed by atoms with Gasteiger partial charge in [0.15, 0.2) is 8.32 Å². The third kappa shape index (κ3) is 12.4. The van der Waals surface area contributed by atoms with Crippen LogP contribution in [0.3, 0.4) is 0 Å². The van der Waals surface area contributed by atoms with Crippen LogP contribution in [-0.2, 0) is 28.3 Å². The van der Waals surface area contributed by atoms with Gasteiger partial charge in [-0.3, -0.25) is 9.63 Å². The Labute approximate surface area is 191 Å². The molecule has 2 atom stereocenters. The van der Waals surface area contributed by atoms with Gasteiger partial charge in [0, 0.05) is 14.2 Å². The number of nitrogens with zero attached hydrogens (tertiary/aromatic N) is 1. The second-order valence-electron chi connectivity index (χ2n) is 8.42. The van der Waals surface area contributed by atoms with Gasteiger partial charge in [0.05, 0.1) is 39.0 Å². The van der Waals surface area contributed by atoms with Crippen LogP contribution in [0.5, 0.6) is 0 Å². The van der Waals surface area contributed by atoms with Crippen molar-refractivity contribution in [2.24, 2.45) is 0 Å². The molecule has 0 spiro atoms. The van der Waals surface area contributed by atoms with E-state index in [1.165, 1.54) is 12.2 Å². The predicted molar refractivity (Wildman–Crippen MR) is 126 cm³/mol. The number of carbonyl (C=O) groups is 1. The lowest BCUT2D eigenvalue weighted by atomic mass is 10.1. The van der Waals surface area contributed by atoms with Crippen molar-refractivity contribution in [1.82, 2.24) is 5.06 Å². The zero-order chi connectivity index (χ0) is 22.5. The lowest BCUT2D eigenvalue weighted by Gasteiger charge is -2.40. The van der Waals surface area contributed by atoms with Gasteiger partial charge in [-0.15, -0.1) is 0 Å². The molecule has 7 nitrogen and oxygen atoms in total. The number of hydrogen-bond acceptors (Lipinski definition) is 6. The number of rotatable bonds is 15. The van der Waals surface area contributed by atoms with Gasteiger partial charge in [-0.1, -0.05) is 49.4 Å². The lowest BCUT2D eigenvalue weighted by Crippen LogP contribution is -2.45. The summed E-state index contributed by atoms with van der Waals surface area (Å²) in [5, 5.41) is 1.32. The first kappa shape index (κ1) is 29.0. The normalized spacial score (nSPS) is 14.9. The fourth-order valence-electron chi connectivity index (χ4n) is 2.26. The van der Waals surface area contributed by atoms with Gasteiger partial charge < -0.3 is 18.6 Å². The van der Waals surface area contributed by atoms with E-state index in [2.05, 4.69) is 62.5 Å². The Hall–Kier alpha value is -0.0431. The Morgan fingerprint density at radius 3 is 2.34 bits per heavy atom. The summed E-state index contributed by atoms with van der Waals surface area (Å²) < 4.78 is 24.9. The Morgan fingerprint density at radius 1 is 1.17 bits per heavy atom. The molecule has 172 valence electrons. The third-order valence-electron chi connectivity index (χ3n) is 5.13. The quantitative estimate of drug-likeness (QED) is 0.0992. The minimum absolute atomic E-state index is 0.0356. The largest absolute Gasteiger partial charge is 0.414 e. The van der Waals surface area contributed by atoms with Crippen molar-refractivity contribution in [3.05, 3.63) is 10.2 Å². The van der Waals surface area contributed by atoms with Crippen molar-refractivity contribution in [2.45, 2.75) is 70.4 Å². The monoisotopic (exact) mass is 545 g/mol. The Bertz CT molecular complexity index is 484. The first-order chi connectivity index (χ1) is 13.5. The molecule has 0 aromatic carbocycles. The minimum atomic E-state index is -1.96. The maximum Gasteiger partial charge on any atom is 0.248 e. The molecule has 0 N–H and O–H groups in total. The van der Waals surface area contributed by atoms with E-state index in [4.69, 9.17) is 23.5 Å². The van der Waals surface area contributed by atoms with Crippen molar-refractivity contribution in [2.75, 3.05) is 41.3 Å². The summed E-state index contributed by atoms with van der Waals surface area (Å²) in [4.78, 5) is 17.4. The fourth-order valence-corrected chi connectivity index (χ4v) is 3.94. The van der Waals surface area contributed by atoms with Gasteiger partial charge in [0.25, 0.3) is 0 Å². The van der Waals surface area contributed by atoms with E-state index in [0.717, 1.165) is 6.42 Å². The number of hydrogen-bond donors (Lipinski definition) is 0. The molecule has 0 radical (unpaired) electrons. The molecule has 0 aromatic rings. The third-order valence-corrected chi connectivity index (χ3v) is 10.2. The van der Waals surface area contributed by atoms with Gasteiger partial charge in [-0.2, -0.15) is 0 Å². The molecule has 0 aromatic heterocycles. The van der Waals surface area contributed by atoms with Crippen LogP contribution >= 0.6 is 22.6 Å². The molecule has 0 aliphatic rings. The van der Waals surface area contributed by atoms with E-state index in [1.54, 1.807) is 14.2 Å². The summed E-state index contributed by atoms with van der Waals surface area (Å²) in [6.07, 6.45) is 3.29. The Kier molecular flexibility index (Phi) is 14.9. The summed E-state index contributed by atoms with van der Waals surface area (Å²) in [6, 6.07) is 0. The topological polar surface area (TPSA) is 66.5 Å². The predicted octanol–water partition coefficient (Wildman–Crippen LogP) is 4.52. The lowest BCUT2D eigenvalue weighted by molar-refractivity contribution is -0.174. The molecule has 0 fully saturated rings. The van der Waals surface area contributed by atoms with E-state index in [-0.39, 0.29) is 36.4 Å². The second kappa shape index (κ2) is 14.9. The van der Waals surface area contributed by atoms with Gasteiger partial charge in [-0.25, -0.2) is 5.06 Å². The molecular weight excluding hydrogens is 505 g/mol. The van der Waals surface area contributed by atoms with Crippen LogP contribution in [0.15, 0.2) is 10.2 Å². The highest BCUT2D eigenvalue weighted by Gasteiger charge is 2.39. The number of methoxy groups -OCH3 is 1. The Balaban J connectivity index is 5.19. The van der Waals surface area contributed by atoms with Crippen LogP contribution in [0.25, 0.3) is 0 Å². The highest BCUT2D eigenvalue weighted by molar-refractivity contribution is 14.1. The van der Waals surface area contributed by atoms with Gasteiger partial charge in [-0.05, 0) is 35.1 Å². The summed E-state index contributed by atoms with van der Waals surface area (Å²) in [5.41, 5.74) is 0. The summed E-state index contributed by atoms with van der Waals surface area (Å²) >= 11 is 2.21. The fraction of sp³-hybridized carbons (Fsp3) is 0.850. The molecule has 0 saturated carbocycles. The van der Waals surface area contributed by atoms with E-state index >= 15 is 0 Å². The molecule has 0 aliphatic heterocycles. The average molecular weight is 546 g/mol. The van der Waals surface area contributed by atoms with Gasteiger partial charge >= 0.3 is 0 Å². The SMILES string of the molecule is COCCOCO[C@H](CC(=O)N(C)OC)C[C@H](C/C=C/I)O[Si](C)(C)C(C)(C)C. The van der Waals surface area contributed by atoms with Crippen LogP contribution in [0, 0.1) is 0 Å². The minimum Gasteiger partial charge on any atom is -0.414 e. The summed E-state index contributed by atoms with van der Waals surface area (Å²) in [5.74, 6) is -0.148. The molecule has 0 unspecified atom stereocenters. The standard InChI is InChI=1S/C20H40INO6Si/c1-20(2,3)29(7,8)28-17(10-9-11-21)14-18(15-19(23)22(4)25-6)27-16-26-13-12-24-5/h9,11,17-18H,10,12-16H2,1-8H3/b11-9+/t17-,18-/m0/s1. The van der Waals surface area contributed by atoms with Crippen molar-refractivity contribution in [3.63, 3.8) is 0 Å². The number of halogens is 1. The van der Waals surface area contributed by atoms with Crippen LogP contribution in [-0.4, -0.2) is 72.8 Å². The maximum atomic E-state index is 12.4. The van der Waals surface area contributed by atoms with Gasteiger partial charge in [0.1, 0.15) is 6.79 Å². The molecule has 0 rings (SSSR count). The van der Waals surface area contributed by atoms with E-state index < -0.39 is 8.32 Å². The maximum absolute atomic E-state index is 12.4. The first-order valence-corrected chi connectivity index (χ1v) is 14.1. The van der Waals surface area contributed by atoms with Crippen LogP contribution in [0.2, 0.25) is 18.1 Å². The van der Waals surface area contributed by atoms with Gasteiger partial charge in [0.2, 0.25) is 5.91 Å². The van der Waals surface area contributed by atoms with Crippen LogP contribution < -0.4 is 0 Å². The molecule has 0 aliphatic carbocycles. The van der Waals surface area contributed by atoms with Crippen LogP contribution in [0.1, 0.15) is 40.0 Å². The zero-order valence-corrected chi connectivity index (χ0v) is 22.5. The van der Waals surface area contributed by atoms with E-state index in [9.17, 15) is 4.79 Å². The average Bonchev–Trinajstić information content (AvgIpc) is 2.63. The molecule has 9 heteroatoms. The van der Waals surface area contributed by atoms with E-state index in [0.29, 0.717) is 19.6 Å². The second-order valence-corrected chi connectivity index (χ2v) is 13.9. The molecule has 0 heterocycles. The number of hydroxylamine groups is 2. The smallest absolute Gasteiger partial charge is 0.248 e. The number of carbonyl (C=O) groups excluding carboxylic acids is 1. The highest BCUT2D eigenvalue weighted by Crippen LogP contribution is 2.38. The number of amides is 1. The van der Waals surface area contributed by atoms with Crippen molar-refractivity contribution in [3.8, 4) is 0 Å². The van der Waals surface area contributed by atoms with Crippen LogP contribution in [0.4, 0.5) is 0 Å². The highest BCUT2D eigenvalue weighted by atomic mass is 127. The molecular formula is C20H40INO6Si. The van der Waals surface area contributed by atoms with E-state index in [1.807, 2.05) is 4.08 Å². The number of ether oxygens (including phenoxy) is 3. The Morgan fingerprint density at radius 2 is 1.83 bits per heavy atom. The zero-order valence-electron chi connectivity index (χ0n) is 19.3. The van der Waals surface area contributed by atoms with Crippen molar-refractivity contribution >= 4 is 36.8 Å². The summed E-state index contributed by atoms with van der Waals surface area (Å²) in [7, 11) is 2.72. The van der Waals surface area contributed by atoms with Crippen molar-refractivity contribution < 1.29 is 28.3 Å². The molecule has 1 amide bonds. The summed E-state index contributed by atoms with van der Waals surface area (Å²) in [6.45, 7) is 12.2. The van der Waals surface area contributed by atoms with Crippen molar-refractivity contribution in [1.29, 1.82) is 0 Å². The molecule has 0 saturated heterocycles.